The fraction of sp³-hybridized carbons (Fsp3) is 0.381. The van der Waals surface area contributed by atoms with Gasteiger partial charge in [0.05, 0.1) is 0 Å². The molecule has 0 aliphatic heterocycles. The number of carbonyl (C=O) groups excluding carboxylic acids is 5. The Morgan fingerprint density at radius 1 is 0.933 bits per heavy atom. The molecule has 0 heterocycles. The number of imide groups is 1. The van der Waals surface area contributed by atoms with Crippen molar-refractivity contribution in [1.29, 1.82) is 0 Å². The third kappa shape index (κ3) is 9.13. The molecule has 1 N–H and O–H groups in total. The van der Waals surface area contributed by atoms with E-state index in [1.165, 1.54) is 52.0 Å². The summed E-state index contributed by atoms with van der Waals surface area (Å²) >= 11 is 0. The van der Waals surface area contributed by atoms with E-state index in [4.69, 9.17) is 9.47 Å². The van der Waals surface area contributed by atoms with Crippen LogP contribution in [-0.2, 0) is 24.0 Å². The van der Waals surface area contributed by atoms with Gasteiger partial charge in [0.1, 0.15) is 0 Å². The summed E-state index contributed by atoms with van der Waals surface area (Å²) in [7, 11) is 0. The Morgan fingerprint density at radius 2 is 1.57 bits per heavy atom. The predicted molar refractivity (Wildman–Crippen MR) is 108 cm³/mol. The summed E-state index contributed by atoms with van der Waals surface area (Å²) in [6.07, 6.45) is 3.87. The fourth-order valence-corrected chi connectivity index (χ4v) is 2.44. The second-order valence-electron chi connectivity index (χ2n) is 6.43. The molecular formula is C21H26N2O7. The summed E-state index contributed by atoms with van der Waals surface area (Å²) in [6.45, 7) is 5.84. The van der Waals surface area contributed by atoms with Gasteiger partial charge in [-0.15, -0.1) is 0 Å². The maximum absolute atomic E-state index is 12.4. The molecule has 1 rings (SSSR count). The molecule has 0 saturated heterocycles. The number of amides is 3. The molecule has 0 spiro atoms. The van der Waals surface area contributed by atoms with E-state index in [2.05, 4.69) is 5.32 Å². The minimum Gasteiger partial charge on any atom is -0.423 e. The summed E-state index contributed by atoms with van der Waals surface area (Å²) in [5, 5.41) is 2.65. The lowest BCUT2D eigenvalue weighted by Gasteiger charge is -2.17. The van der Waals surface area contributed by atoms with Crippen LogP contribution in [0.2, 0.25) is 0 Å². The van der Waals surface area contributed by atoms with Crippen molar-refractivity contribution in [2.45, 2.75) is 40.5 Å². The standard InChI is InChI=1S/C21H26N2O7/c1-14(24)22-11-5-6-12-23(15(2)25)21(28)10-8-18-7-9-19(29-16(3)26)20(13-18)30-17(4)27/h7-10,13H,5-6,11-12H2,1-4H3,(H,22,24)/b10-8-. The van der Waals surface area contributed by atoms with Crippen molar-refractivity contribution in [1.82, 2.24) is 10.2 Å². The molecule has 0 aromatic heterocycles. The van der Waals surface area contributed by atoms with E-state index in [9.17, 15) is 24.0 Å². The van der Waals surface area contributed by atoms with E-state index in [0.717, 1.165) is 4.90 Å². The first-order valence-corrected chi connectivity index (χ1v) is 9.35. The van der Waals surface area contributed by atoms with Gasteiger partial charge in [0, 0.05) is 46.9 Å². The number of nitrogens with one attached hydrogen (secondary N) is 1. The average molecular weight is 418 g/mol. The van der Waals surface area contributed by atoms with Crippen LogP contribution in [0.15, 0.2) is 24.3 Å². The van der Waals surface area contributed by atoms with E-state index in [1.54, 1.807) is 6.07 Å². The van der Waals surface area contributed by atoms with E-state index < -0.39 is 23.8 Å². The number of rotatable bonds is 9. The van der Waals surface area contributed by atoms with Gasteiger partial charge in [-0.3, -0.25) is 28.9 Å². The third-order valence-electron chi connectivity index (χ3n) is 3.72. The van der Waals surface area contributed by atoms with Crippen LogP contribution in [0.1, 0.15) is 46.1 Å². The molecule has 0 unspecified atom stereocenters. The number of esters is 2. The summed E-state index contributed by atoms with van der Waals surface area (Å²) in [5.41, 5.74) is 0.504. The highest BCUT2D eigenvalue weighted by Crippen LogP contribution is 2.29. The van der Waals surface area contributed by atoms with Crippen LogP contribution in [0, 0.1) is 0 Å². The first-order valence-electron chi connectivity index (χ1n) is 9.35. The maximum Gasteiger partial charge on any atom is 0.308 e. The molecule has 0 aliphatic carbocycles. The minimum absolute atomic E-state index is 0.0358. The molecule has 1 aromatic carbocycles. The van der Waals surface area contributed by atoms with Gasteiger partial charge in [0.25, 0.3) is 5.91 Å². The number of nitrogens with zero attached hydrogens (tertiary/aromatic N) is 1. The number of benzene rings is 1. The van der Waals surface area contributed by atoms with Crippen LogP contribution in [-0.4, -0.2) is 47.6 Å². The molecule has 0 saturated carbocycles. The Morgan fingerprint density at radius 3 is 2.13 bits per heavy atom. The summed E-state index contributed by atoms with van der Waals surface area (Å²) in [5.74, 6) is -2.08. The normalized spacial score (nSPS) is 10.4. The Kier molecular flexibility index (Phi) is 9.94. The van der Waals surface area contributed by atoms with Gasteiger partial charge in [-0.05, 0) is 36.6 Å². The number of hydrogen-bond donors (Lipinski definition) is 1. The molecule has 1 aromatic rings. The SMILES string of the molecule is CC(=O)NCCCCN(C(C)=O)C(=O)/C=C\c1ccc(OC(C)=O)c(OC(C)=O)c1. The van der Waals surface area contributed by atoms with Gasteiger partial charge in [-0.2, -0.15) is 0 Å². The van der Waals surface area contributed by atoms with Crippen LogP contribution in [0.25, 0.3) is 6.08 Å². The monoisotopic (exact) mass is 418 g/mol. The molecule has 30 heavy (non-hydrogen) atoms. The van der Waals surface area contributed by atoms with Crippen molar-refractivity contribution >= 4 is 35.7 Å². The zero-order chi connectivity index (χ0) is 22.7. The van der Waals surface area contributed by atoms with E-state index >= 15 is 0 Å². The van der Waals surface area contributed by atoms with Crippen LogP contribution >= 0.6 is 0 Å². The highest BCUT2D eigenvalue weighted by atomic mass is 16.6. The lowest BCUT2D eigenvalue weighted by atomic mass is 10.1. The number of unbranched alkanes of at least 4 members (excludes halogenated alkanes) is 1. The Hall–Kier alpha value is -3.49. The Labute approximate surface area is 175 Å². The maximum atomic E-state index is 12.4. The summed E-state index contributed by atoms with van der Waals surface area (Å²) in [4.78, 5) is 58.6. The van der Waals surface area contributed by atoms with E-state index in [1.807, 2.05) is 0 Å². The van der Waals surface area contributed by atoms with Crippen LogP contribution in [0.4, 0.5) is 0 Å². The van der Waals surface area contributed by atoms with Crippen LogP contribution in [0.5, 0.6) is 11.5 Å². The second kappa shape index (κ2) is 12.2. The number of carbonyl (C=O) groups is 5. The number of hydrogen-bond acceptors (Lipinski definition) is 7. The zero-order valence-electron chi connectivity index (χ0n) is 17.5. The first-order chi connectivity index (χ1) is 14.1. The highest BCUT2D eigenvalue weighted by molar-refractivity contribution is 6.02. The van der Waals surface area contributed by atoms with Crippen molar-refractivity contribution < 1.29 is 33.4 Å². The van der Waals surface area contributed by atoms with Gasteiger partial charge in [-0.25, -0.2) is 0 Å². The van der Waals surface area contributed by atoms with Crippen molar-refractivity contribution in [3.05, 3.63) is 29.8 Å². The molecule has 0 aliphatic rings. The fourth-order valence-electron chi connectivity index (χ4n) is 2.44. The Balaban J connectivity index is 2.84. The molecule has 0 bridgehead atoms. The lowest BCUT2D eigenvalue weighted by molar-refractivity contribution is -0.140. The molecule has 9 heteroatoms. The Bertz CT molecular complexity index is 846. The smallest absolute Gasteiger partial charge is 0.308 e. The predicted octanol–water partition coefficient (Wildman–Crippen LogP) is 1.84. The first kappa shape index (κ1) is 24.5. The van der Waals surface area contributed by atoms with E-state index in [-0.39, 0.29) is 24.0 Å². The topological polar surface area (TPSA) is 119 Å². The summed E-state index contributed by atoms with van der Waals surface area (Å²) < 4.78 is 10.0. The van der Waals surface area contributed by atoms with Gasteiger partial charge in [0.2, 0.25) is 11.8 Å². The highest BCUT2D eigenvalue weighted by Gasteiger charge is 2.15. The zero-order valence-corrected chi connectivity index (χ0v) is 17.5. The molecule has 0 radical (unpaired) electrons. The second-order valence-corrected chi connectivity index (χ2v) is 6.43. The quantitative estimate of drug-likeness (QED) is 0.281. The molecule has 162 valence electrons. The molecule has 0 fully saturated rings. The van der Waals surface area contributed by atoms with Crippen molar-refractivity contribution in [3.63, 3.8) is 0 Å². The molecule has 9 nitrogen and oxygen atoms in total. The van der Waals surface area contributed by atoms with Crippen LogP contribution in [0.3, 0.4) is 0 Å². The summed E-state index contributed by atoms with van der Waals surface area (Å²) in [6, 6.07) is 4.45. The minimum atomic E-state index is -0.595. The van der Waals surface area contributed by atoms with Crippen LogP contribution < -0.4 is 14.8 Å². The average Bonchev–Trinajstić information content (AvgIpc) is 2.63. The molecular weight excluding hydrogens is 392 g/mol. The third-order valence-corrected chi connectivity index (χ3v) is 3.72. The van der Waals surface area contributed by atoms with Crippen molar-refractivity contribution in [2.75, 3.05) is 13.1 Å². The van der Waals surface area contributed by atoms with Gasteiger partial charge in [-0.1, -0.05) is 6.07 Å². The van der Waals surface area contributed by atoms with Gasteiger partial charge < -0.3 is 14.8 Å². The van der Waals surface area contributed by atoms with E-state index in [0.29, 0.717) is 24.9 Å². The molecule has 0 atom stereocenters. The van der Waals surface area contributed by atoms with Gasteiger partial charge >= 0.3 is 11.9 Å². The largest absolute Gasteiger partial charge is 0.423 e. The van der Waals surface area contributed by atoms with Crippen molar-refractivity contribution in [2.24, 2.45) is 0 Å². The van der Waals surface area contributed by atoms with Crippen molar-refractivity contribution in [3.8, 4) is 11.5 Å². The number of ether oxygens (including phenoxy) is 2. The molecule has 3 amide bonds. The lowest BCUT2D eigenvalue weighted by Crippen LogP contribution is -2.35. The van der Waals surface area contributed by atoms with Gasteiger partial charge in [0.15, 0.2) is 11.5 Å².